The van der Waals surface area contributed by atoms with Gasteiger partial charge in [-0.05, 0) is 151 Å². The van der Waals surface area contributed by atoms with Crippen LogP contribution in [0, 0.1) is 0 Å². The maximum Gasteiger partial charge on any atom is 0.264 e. The highest BCUT2D eigenvalue weighted by Crippen LogP contribution is 2.51. The average Bonchev–Trinajstić information content (AvgIpc) is 3.59. The van der Waals surface area contributed by atoms with Gasteiger partial charge in [0.25, 0.3) is 6.71 Å². The quantitative estimate of drug-likeness (QED) is 0.160. The van der Waals surface area contributed by atoms with Gasteiger partial charge in [0.05, 0.1) is 5.69 Å². The van der Waals surface area contributed by atoms with Crippen LogP contribution in [0.25, 0.3) is 10.1 Å². The number of nitrogens with zero attached hydrogens (tertiary/aromatic N) is 2. The zero-order chi connectivity index (χ0) is 50.2. The van der Waals surface area contributed by atoms with E-state index in [-0.39, 0.29) is 38.2 Å². The first-order chi connectivity index (χ1) is 30.9. The summed E-state index contributed by atoms with van der Waals surface area (Å²) in [7, 11) is 0. The van der Waals surface area contributed by atoms with Crippen LogP contribution in [-0.4, -0.2) is 6.71 Å². The van der Waals surface area contributed by atoms with Crippen LogP contribution in [0.15, 0.2) is 84.9 Å². The Kier molecular flexibility index (Phi) is 7.36. The van der Waals surface area contributed by atoms with E-state index >= 15 is 0 Å². The Balaban J connectivity index is 1.48. The molecule has 0 N–H and O–H groups in total. The molecule has 310 valence electrons. The van der Waals surface area contributed by atoms with Crippen molar-refractivity contribution in [3.8, 4) is 0 Å². The predicted octanol–water partition coefficient (Wildman–Crippen LogP) is 14.4. The van der Waals surface area contributed by atoms with E-state index in [1.165, 1.54) is 16.7 Å². The minimum absolute atomic E-state index is 0.0623. The molecule has 0 saturated heterocycles. The molecule has 0 amide bonds. The molecule has 0 bridgehead atoms. The van der Waals surface area contributed by atoms with Crippen LogP contribution < -0.4 is 25.5 Å². The molecule has 0 radical (unpaired) electrons. The zero-order valence-corrected chi connectivity index (χ0v) is 39.3. The van der Waals surface area contributed by atoms with Gasteiger partial charge in [-0.2, -0.15) is 0 Å². The lowest BCUT2D eigenvalue weighted by Crippen LogP contribution is -2.60. The first-order valence-corrected chi connectivity index (χ1v) is 22.5. The van der Waals surface area contributed by atoms with Gasteiger partial charge in [0.1, 0.15) is 0 Å². The number of benzene rings is 5. The molecule has 2 nitrogen and oxygen atoms in total. The summed E-state index contributed by atoms with van der Waals surface area (Å²) >= 11 is 1.75. The molecule has 0 spiro atoms. The summed E-state index contributed by atoms with van der Waals surface area (Å²) in [6.45, 7) is 33.0. The summed E-state index contributed by atoms with van der Waals surface area (Å²) in [6, 6.07) is 30.2. The van der Waals surface area contributed by atoms with E-state index in [0.717, 1.165) is 65.4 Å². The molecular weight excluding hydrogens is 744 g/mol. The average molecular weight is 819 g/mol. The molecule has 2 aliphatic heterocycles. The lowest BCUT2D eigenvalue weighted by Gasteiger charge is -2.44. The number of aryl methyl sites for hydroxylation is 2. The number of rotatable bonds is 2. The monoisotopic (exact) mass is 819 g/mol. The second-order valence-corrected chi connectivity index (χ2v) is 23.6. The predicted molar refractivity (Wildman–Crippen MR) is 266 cm³/mol. The molecule has 3 aliphatic rings. The summed E-state index contributed by atoms with van der Waals surface area (Å²) in [5.41, 5.74) is 11.8. The van der Waals surface area contributed by atoms with Gasteiger partial charge in [-0.3, -0.25) is 0 Å². The highest BCUT2D eigenvalue weighted by Gasteiger charge is 2.46. The van der Waals surface area contributed by atoms with Crippen molar-refractivity contribution >= 4 is 78.0 Å². The maximum atomic E-state index is 9.48. The first kappa shape index (κ1) is 32.4. The maximum absolute atomic E-state index is 9.48. The third-order valence-corrected chi connectivity index (χ3v) is 14.0. The van der Waals surface area contributed by atoms with Gasteiger partial charge in [0.2, 0.25) is 0 Å². The van der Waals surface area contributed by atoms with Crippen LogP contribution in [0.4, 0.5) is 34.1 Å². The molecule has 4 heteroatoms. The minimum atomic E-state index is -3.21. The fourth-order valence-corrected chi connectivity index (χ4v) is 10.7. The smallest absolute Gasteiger partial charge is 0.264 e. The van der Waals surface area contributed by atoms with Crippen molar-refractivity contribution in [2.45, 2.75) is 156 Å². The van der Waals surface area contributed by atoms with E-state index in [1.807, 2.05) is 0 Å². The van der Waals surface area contributed by atoms with Gasteiger partial charge < -0.3 is 9.80 Å². The van der Waals surface area contributed by atoms with Gasteiger partial charge in [-0.1, -0.05) is 140 Å². The third-order valence-electron chi connectivity index (χ3n) is 12.9. The summed E-state index contributed by atoms with van der Waals surface area (Å²) < 4.78 is 76.1. The van der Waals surface area contributed by atoms with E-state index < -0.39 is 32.2 Å². The van der Waals surface area contributed by atoms with Crippen LogP contribution >= 0.6 is 11.3 Å². The van der Waals surface area contributed by atoms with Crippen LogP contribution in [0.2, 0.25) is 0 Å². The molecule has 5 aromatic carbocycles. The molecule has 0 fully saturated rings. The number of hydrogen-bond acceptors (Lipinski definition) is 3. The molecule has 6 aromatic rings. The lowest BCUT2D eigenvalue weighted by atomic mass is 9.36. The van der Waals surface area contributed by atoms with Crippen LogP contribution in [0.5, 0.6) is 0 Å². The van der Waals surface area contributed by atoms with Gasteiger partial charge in [-0.25, -0.2) is 0 Å². The number of anilines is 6. The van der Waals surface area contributed by atoms with Crippen LogP contribution in [0.1, 0.15) is 167 Å². The summed E-state index contributed by atoms with van der Waals surface area (Å²) in [4.78, 5) is 4.62. The molecule has 0 unspecified atom stereocenters. The Hall–Kier alpha value is -4.28. The van der Waals surface area contributed by atoms with E-state index in [0.29, 0.717) is 5.69 Å². The van der Waals surface area contributed by atoms with E-state index in [2.05, 4.69) is 186 Å². The normalized spacial score (nSPS) is 20.9. The number of hydrogen-bond donors (Lipinski definition) is 0. The third kappa shape index (κ3) is 6.75. The second-order valence-electron chi connectivity index (χ2n) is 22.5. The Bertz CT molecular complexity index is 3030. The van der Waals surface area contributed by atoms with Crippen molar-refractivity contribution in [3.05, 3.63) is 124 Å². The van der Waals surface area contributed by atoms with Gasteiger partial charge in [0.15, 0.2) is 0 Å². The van der Waals surface area contributed by atoms with E-state index in [9.17, 15) is 5.48 Å². The van der Waals surface area contributed by atoms with Crippen molar-refractivity contribution in [2.24, 2.45) is 0 Å². The molecule has 1 aromatic heterocycles. The largest absolute Gasteiger partial charge is 0.311 e. The van der Waals surface area contributed by atoms with E-state index in [4.69, 9.17) is 5.48 Å². The molecule has 1 aliphatic carbocycles. The topological polar surface area (TPSA) is 6.48 Å². The zero-order valence-electron chi connectivity index (χ0n) is 46.5. The molecule has 0 atom stereocenters. The summed E-state index contributed by atoms with van der Waals surface area (Å²) in [5.74, 6) is 0. The van der Waals surface area contributed by atoms with Gasteiger partial charge in [-0.15, -0.1) is 11.3 Å². The molecule has 0 saturated carbocycles. The lowest BCUT2D eigenvalue weighted by molar-refractivity contribution is 0.568. The molecule has 9 rings (SSSR count). The fraction of sp³-hybridized carbons (Fsp3) is 0.429. The van der Waals surface area contributed by atoms with Crippen molar-refractivity contribution in [1.29, 1.82) is 0 Å². The number of fused-ring (bicyclic) bond motifs is 7. The van der Waals surface area contributed by atoms with Gasteiger partial charge in [0, 0.05) is 54.3 Å². The fourth-order valence-electron chi connectivity index (χ4n) is 9.27. The highest BCUT2D eigenvalue weighted by molar-refractivity contribution is 7.33. The number of thiophene rings is 1. The molecule has 60 heavy (non-hydrogen) atoms. The van der Waals surface area contributed by atoms with Crippen LogP contribution in [0.3, 0.4) is 0 Å². The van der Waals surface area contributed by atoms with Crippen molar-refractivity contribution in [3.63, 3.8) is 0 Å². The Morgan fingerprint density at radius 3 is 1.60 bits per heavy atom. The summed E-state index contributed by atoms with van der Waals surface area (Å²) in [5, 5.41) is 1.16. The Labute approximate surface area is 377 Å². The van der Waals surface area contributed by atoms with Crippen molar-refractivity contribution in [2.75, 3.05) is 9.80 Å². The molecular formula is C56H67BN2S. The highest BCUT2D eigenvalue weighted by atomic mass is 32.1. The van der Waals surface area contributed by atoms with Crippen molar-refractivity contribution < 1.29 is 11.0 Å². The second kappa shape index (κ2) is 13.6. The molecule has 3 heterocycles. The van der Waals surface area contributed by atoms with E-state index in [1.54, 1.807) is 23.5 Å². The van der Waals surface area contributed by atoms with Gasteiger partial charge >= 0.3 is 0 Å². The standard InChI is InChI=1S/C56H67BN2S/c1-52(2,3)36-23-25-40(26-24-36)59-45-22-18-21-44-49(45)57(51-50(59)48-42(56(13,14)15)32-39(55(10,11)12)33-47(48)60-51)43-27-34-19-16-17-20-35(34)28-46(43)58(44)41-30-37(53(4,5)6)29-38(31-41)54(7,8)9/h18,21-33H,16-17,19-20H2,1-15H3/i16D2,17D2,19D2,20D2. The minimum Gasteiger partial charge on any atom is -0.311 e. The van der Waals surface area contributed by atoms with Crippen LogP contribution in [-0.2, 0) is 39.8 Å². The summed E-state index contributed by atoms with van der Waals surface area (Å²) in [6.07, 6.45) is -12.2. The Morgan fingerprint density at radius 2 is 1.05 bits per heavy atom. The van der Waals surface area contributed by atoms with Crippen molar-refractivity contribution in [1.82, 2.24) is 0 Å². The first-order valence-electron chi connectivity index (χ1n) is 25.7. The Morgan fingerprint density at radius 1 is 0.517 bits per heavy atom. The SMILES string of the molecule is [2H]C1([2H])c2cc3c(cc2C([2H])([2H])C([2H])([2H])C1([2H])[2H])N(c1cc(C(C)(C)C)cc(C(C)(C)C)c1)c1cccc2c1B3c1sc3cc(C(C)(C)C)cc(C(C)(C)C)c3c1N2c1ccc(C(C)(C)C)cc1.